The lowest BCUT2D eigenvalue weighted by Gasteiger charge is -2.34. The molecule has 0 saturated carbocycles. The van der Waals surface area contributed by atoms with Gasteiger partial charge in [0.05, 0.1) is 17.2 Å². The lowest BCUT2D eigenvalue weighted by atomic mass is 10.0. The fourth-order valence-corrected chi connectivity index (χ4v) is 6.47. The third-order valence-corrected chi connectivity index (χ3v) is 9.18. The molecule has 0 heterocycles. The highest BCUT2D eigenvalue weighted by Gasteiger charge is 2.35. The summed E-state index contributed by atoms with van der Waals surface area (Å²) in [7, 11) is -4.27. The number of benzene rings is 4. The number of rotatable bonds is 16. The Balaban J connectivity index is 1.81. The van der Waals surface area contributed by atoms with Gasteiger partial charge in [0, 0.05) is 19.5 Å². The van der Waals surface area contributed by atoms with Crippen molar-refractivity contribution in [1.82, 2.24) is 10.2 Å². The van der Waals surface area contributed by atoms with Gasteiger partial charge in [-0.05, 0) is 60.9 Å². The van der Waals surface area contributed by atoms with Crippen LogP contribution in [0.5, 0.6) is 5.75 Å². The van der Waals surface area contributed by atoms with E-state index >= 15 is 0 Å². The third kappa shape index (κ3) is 8.94. The van der Waals surface area contributed by atoms with Gasteiger partial charge < -0.3 is 15.0 Å². The van der Waals surface area contributed by atoms with Crippen molar-refractivity contribution in [3.8, 4) is 5.75 Å². The monoisotopic (exact) mass is 645 g/mol. The van der Waals surface area contributed by atoms with E-state index in [2.05, 4.69) is 5.32 Å². The first-order valence-electron chi connectivity index (χ1n) is 15.4. The molecule has 0 saturated heterocycles. The molecule has 0 spiro atoms. The van der Waals surface area contributed by atoms with E-state index in [9.17, 15) is 22.4 Å². The Labute approximate surface area is 270 Å². The molecule has 0 aliphatic rings. The molecule has 1 atom stereocenters. The summed E-state index contributed by atoms with van der Waals surface area (Å²) >= 11 is 0. The number of para-hydroxylation sites is 2. The molecule has 0 unspecified atom stereocenters. The van der Waals surface area contributed by atoms with Crippen molar-refractivity contribution in [2.75, 3.05) is 24.0 Å². The van der Waals surface area contributed by atoms with Crippen LogP contribution in [0.2, 0.25) is 0 Å². The summed E-state index contributed by atoms with van der Waals surface area (Å²) in [5.41, 5.74) is 1.60. The standard InChI is InChI=1S/C36H40FN3O5S/c1-3-5-24-38-36(42)33(25-28-14-8-6-9-15-28)39(26-29-20-22-30(37)23-21-29)35(41)27-40(32-18-12-13-19-34(32)45-4-2)46(43,44)31-16-10-7-11-17-31/h6-23,33H,3-5,24-27H2,1-2H3,(H,38,42)/t33-/m1/s1. The molecule has 0 bridgehead atoms. The molecule has 8 nitrogen and oxygen atoms in total. The van der Waals surface area contributed by atoms with Crippen LogP contribution in [0.15, 0.2) is 114 Å². The minimum Gasteiger partial charge on any atom is -0.492 e. The van der Waals surface area contributed by atoms with Crippen molar-refractivity contribution >= 4 is 27.5 Å². The number of hydrogen-bond acceptors (Lipinski definition) is 5. The largest absolute Gasteiger partial charge is 0.492 e. The number of nitrogens with zero attached hydrogens (tertiary/aromatic N) is 2. The highest BCUT2D eigenvalue weighted by Crippen LogP contribution is 2.33. The summed E-state index contributed by atoms with van der Waals surface area (Å²) < 4.78 is 49.1. The van der Waals surface area contributed by atoms with Gasteiger partial charge in [-0.1, -0.05) is 86.1 Å². The first kappa shape index (κ1) is 34.2. The fraction of sp³-hybridized carbons (Fsp3) is 0.278. The summed E-state index contributed by atoms with van der Waals surface area (Å²) in [5, 5.41) is 2.96. The number of ether oxygens (including phenoxy) is 1. The van der Waals surface area contributed by atoms with Gasteiger partial charge in [0.1, 0.15) is 24.2 Å². The van der Waals surface area contributed by atoms with Crippen molar-refractivity contribution in [1.29, 1.82) is 0 Å². The minimum atomic E-state index is -4.27. The maximum absolute atomic E-state index is 14.5. The normalized spacial score (nSPS) is 11.8. The van der Waals surface area contributed by atoms with Gasteiger partial charge in [-0.15, -0.1) is 0 Å². The van der Waals surface area contributed by atoms with E-state index in [0.29, 0.717) is 17.9 Å². The van der Waals surface area contributed by atoms with E-state index in [1.807, 2.05) is 37.3 Å². The van der Waals surface area contributed by atoms with Crippen LogP contribution in [0, 0.1) is 5.82 Å². The average molecular weight is 646 g/mol. The molecule has 10 heteroatoms. The van der Waals surface area contributed by atoms with Gasteiger partial charge in [-0.3, -0.25) is 13.9 Å². The third-order valence-electron chi connectivity index (χ3n) is 7.41. The smallest absolute Gasteiger partial charge is 0.264 e. The van der Waals surface area contributed by atoms with Crippen molar-refractivity contribution in [3.63, 3.8) is 0 Å². The minimum absolute atomic E-state index is 0.00247. The Morgan fingerprint density at radius 1 is 0.826 bits per heavy atom. The van der Waals surface area contributed by atoms with Crippen molar-refractivity contribution in [2.24, 2.45) is 0 Å². The van der Waals surface area contributed by atoms with Crippen LogP contribution < -0.4 is 14.4 Å². The molecule has 0 aliphatic heterocycles. The Hall–Kier alpha value is -4.70. The van der Waals surface area contributed by atoms with Gasteiger partial charge in [-0.25, -0.2) is 12.8 Å². The zero-order valence-corrected chi connectivity index (χ0v) is 27.0. The number of unbranched alkanes of at least 4 members (excludes halogenated alkanes) is 1. The molecule has 0 fully saturated rings. The lowest BCUT2D eigenvalue weighted by molar-refractivity contribution is -0.140. The molecule has 242 valence electrons. The first-order chi connectivity index (χ1) is 22.2. The van der Waals surface area contributed by atoms with Gasteiger partial charge in [0.2, 0.25) is 11.8 Å². The second kappa shape index (κ2) is 16.6. The molecule has 1 N–H and O–H groups in total. The molecular formula is C36H40FN3O5S. The zero-order chi connectivity index (χ0) is 32.9. The molecule has 4 aromatic rings. The van der Waals surface area contributed by atoms with Crippen LogP contribution >= 0.6 is 0 Å². The maximum atomic E-state index is 14.5. The molecule has 2 amide bonds. The summed E-state index contributed by atoms with van der Waals surface area (Å²) in [6.07, 6.45) is 1.81. The number of halogens is 1. The molecule has 0 radical (unpaired) electrons. The van der Waals surface area contributed by atoms with Crippen LogP contribution in [0.25, 0.3) is 0 Å². The topological polar surface area (TPSA) is 96.0 Å². The second-order valence-electron chi connectivity index (χ2n) is 10.7. The number of sulfonamides is 1. The van der Waals surface area contributed by atoms with E-state index < -0.39 is 34.3 Å². The predicted octanol–water partition coefficient (Wildman–Crippen LogP) is 5.98. The van der Waals surface area contributed by atoms with Crippen LogP contribution in [0.3, 0.4) is 0 Å². The molecule has 46 heavy (non-hydrogen) atoms. The molecular weight excluding hydrogens is 605 g/mol. The first-order valence-corrected chi connectivity index (χ1v) is 16.8. The molecule has 4 aromatic carbocycles. The van der Waals surface area contributed by atoms with Crippen molar-refractivity contribution in [3.05, 3.63) is 126 Å². The number of carbonyl (C=O) groups excluding carboxylic acids is 2. The Morgan fingerprint density at radius 2 is 1.46 bits per heavy atom. The van der Waals surface area contributed by atoms with E-state index in [-0.39, 0.29) is 36.1 Å². The number of carbonyl (C=O) groups is 2. The average Bonchev–Trinajstić information content (AvgIpc) is 3.07. The highest BCUT2D eigenvalue weighted by molar-refractivity contribution is 7.92. The van der Waals surface area contributed by atoms with E-state index in [0.717, 1.165) is 22.7 Å². The number of anilines is 1. The second-order valence-corrected chi connectivity index (χ2v) is 12.6. The highest BCUT2D eigenvalue weighted by atomic mass is 32.2. The SMILES string of the molecule is CCCCNC(=O)[C@@H](Cc1ccccc1)N(Cc1ccc(F)cc1)C(=O)CN(c1ccccc1OCC)S(=O)(=O)c1ccccc1. The van der Waals surface area contributed by atoms with Crippen LogP contribution in [0.1, 0.15) is 37.8 Å². The van der Waals surface area contributed by atoms with Gasteiger partial charge >= 0.3 is 0 Å². The summed E-state index contributed by atoms with van der Waals surface area (Å²) in [4.78, 5) is 29.7. The molecule has 0 aromatic heterocycles. The zero-order valence-electron chi connectivity index (χ0n) is 26.1. The molecule has 4 rings (SSSR count). The van der Waals surface area contributed by atoms with Crippen LogP contribution in [-0.4, -0.2) is 50.9 Å². The summed E-state index contributed by atoms with van der Waals surface area (Å²) in [6.45, 7) is 3.83. The van der Waals surface area contributed by atoms with E-state index in [1.54, 1.807) is 61.5 Å². The van der Waals surface area contributed by atoms with Crippen molar-refractivity contribution < 1.29 is 27.1 Å². The van der Waals surface area contributed by atoms with Crippen LogP contribution in [0.4, 0.5) is 10.1 Å². The fourth-order valence-electron chi connectivity index (χ4n) is 5.02. The Bertz CT molecular complexity index is 1670. The van der Waals surface area contributed by atoms with Gasteiger partial charge in [0.15, 0.2) is 0 Å². The quantitative estimate of drug-likeness (QED) is 0.151. The predicted molar refractivity (Wildman–Crippen MR) is 177 cm³/mol. The van der Waals surface area contributed by atoms with Gasteiger partial charge in [0.25, 0.3) is 10.0 Å². The summed E-state index contributed by atoms with van der Waals surface area (Å²) in [5.74, 6) is -1.12. The van der Waals surface area contributed by atoms with E-state index in [1.165, 1.54) is 29.2 Å². The maximum Gasteiger partial charge on any atom is 0.264 e. The number of hydrogen-bond donors (Lipinski definition) is 1. The van der Waals surface area contributed by atoms with Gasteiger partial charge in [-0.2, -0.15) is 0 Å². The lowest BCUT2D eigenvalue weighted by Crippen LogP contribution is -2.53. The van der Waals surface area contributed by atoms with Crippen molar-refractivity contribution in [2.45, 2.75) is 50.6 Å². The Kier molecular flexibility index (Phi) is 12.3. The Morgan fingerprint density at radius 3 is 2.11 bits per heavy atom. The number of nitrogens with one attached hydrogen (secondary N) is 1. The number of amides is 2. The summed E-state index contributed by atoms with van der Waals surface area (Å²) in [6, 6.07) is 28.5. The van der Waals surface area contributed by atoms with Crippen LogP contribution in [-0.2, 0) is 32.6 Å². The van der Waals surface area contributed by atoms with E-state index in [4.69, 9.17) is 4.74 Å². The molecule has 0 aliphatic carbocycles.